The van der Waals surface area contributed by atoms with Gasteiger partial charge in [-0.15, -0.1) is 0 Å². The Labute approximate surface area is 152 Å². The average molecular weight is 338 g/mol. The van der Waals surface area contributed by atoms with Gasteiger partial charge in [-0.1, -0.05) is 45.6 Å². The highest BCUT2D eigenvalue weighted by Gasteiger charge is 2.38. The third-order valence-electron chi connectivity index (χ3n) is 6.02. The van der Waals surface area contributed by atoms with Crippen LogP contribution < -0.4 is 4.74 Å². The van der Waals surface area contributed by atoms with Gasteiger partial charge >= 0.3 is 0 Å². The molecule has 3 rings (SSSR count). The normalized spacial score (nSPS) is 25.2. The highest BCUT2D eigenvalue weighted by atomic mass is 16.5. The van der Waals surface area contributed by atoms with Gasteiger partial charge in [-0.2, -0.15) is 10.3 Å². The molecule has 3 heteroatoms. The van der Waals surface area contributed by atoms with Gasteiger partial charge in [-0.05, 0) is 55.7 Å². The van der Waals surface area contributed by atoms with E-state index in [0.29, 0.717) is 5.92 Å². The van der Waals surface area contributed by atoms with Crippen molar-refractivity contribution in [2.24, 2.45) is 4.99 Å². The van der Waals surface area contributed by atoms with E-state index in [1.54, 1.807) is 0 Å². The topological polar surface area (TPSA) is 45.4 Å². The van der Waals surface area contributed by atoms with Crippen LogP contribution in [-0.4, -0.2) is 11.3 Å². The average Bonchev–Trinajstić information content (AvgIpc) is 2.67. The fourth-order valence-electron chi connectivity index (χ4n) is 4.39. The van der Waals surface area contributed by atoms with Gasteiger partial charge < -0.3 is 4.74 Å². The van der Waals surface area contributed by atoms with E-state index in [1.807, 2.05) is 6.19 Å². The van der Waals surface area contributed by atoms with Crippen molar-refractivity contribution in [1.82, 2.24) is 0 Å². The van der Waals surface area contributed by atoms with Crippen molar-refractivity contribution in [2.45, 2.75) is 89.6 Å². The summed E-state index contributed by atoms with van der Waals surface area (Å²) in [5.74, 6) is 1.57. The Morgan fingerprint density at radius 3 is 2.72 bits per heavy atom. The fraction of sp³-hybridized carbons (Fsp3) is 0.636. The predicted octanol–water partition coefficient (Wildman–Crippen LogP) is 6.13. The van der Waals surface area contributed by atoms with Crippen molar-refractivity contribution in [2.75, 3.05) is 0 Å². The van der Waals surface area contributed by atoms with Crippen LogP contribution in [0.4, 0.5) is 0 Å². The van der Waals surface area contributed by atoms with Gasteiger partial charge in [0.05, 0.1) is 5.71 Å². The van der Waals surface area contributed by atoms with Crippen LogP contribution in [0.3, 0.4) is 0 Å². The van der Waals surface area contributed by atoms with Crippen LogP contribution in [-0.2, 0) is 0 Å². The lowest BCUT2D eigenvalue weighted by Crippen LogP contribution is -2.41. The molecule has 0 amide bonds. The summed E-state index contributed by atoms with van der Waals surface area (Å²) in [5, 5.41) is 9.20. The van der Waals surface area contributed by atoms with Gasteiger partial charge in [0.15, 0.2) is 0 Å². The van der Waals surface area contributed by atoms with Crippen LogP contribution in [0, 0.1) is 11.5 Å². The molecule has 0 bridgehead atoms. The molecule has 0 aromatic heterocycles. The zero-order valence-corrected chi connectivity index (χ0v) is 15.7. The van der Waals surface area contributed by atoms with Crippen molar-refractivity contribution < 1.29 is 4.74 Å². The molecule has 2 aliphatic rings. The van der Waals surface area contributed by atoms with Crippen molar-refractivity contribution in [3.05, 3.63) is 29.3 Å². The zero-order chi connectivity index (χ0) is 17.7. The third-order valence-corrected chi connectivity index (χ3v) is 6.02. The minimum Gasteiger partial charge on any atom is -0.486 e. The molecule has 1 heterocycles. The molecule has 0 N–H and O–H groups in total. The molecule has 1 atom stereocenters. The number of hydrogen-bond acceptors (Lipinski definition) is 3. The SMILES string of the molecule is CCCCC1(CC)CC(=NC#N)c2cc(C3CCCCC3)ccc2O1. The maximum absolute atomic E-state index is 9.20. The second-order valence-electron chi connectivity index (χ2n) is 7.67. The van der Waals surface area contributed by atoms with Crippen molar-refractivity contribution >= 4 is 5.71 Å². The quantitative estimate of drug-likeness (QED) is 0.606. The molecule has 1 aliphatic heterocycles. The Balaban J connectivity index is 1.94. The van der Waals surface area contributed by atoms with E-state index < -0.39 is 0 Å². The minimum absolute atomic E-state index is 0.203. The predicted molar refractivity (Wildman–Crippen MR) is 102 cm³/mol. The molecular formula is C22H30N2O. The first-order valence-corrected chi connectivity index (χ1v) is 10.0. The Hall–Kier alpha value is -1.82. The van der Waals surface area contributed by atoms with Crippen LogP contribution in [0.5, 0.6) is 5.75 Å². The Morgan fingerprint density at radius 2 is 2.04 bits per heavy atom. The molecule has 1 aliphatic carbocycles. The summed E-state index contributed by atoms with van der Waals surface area (Å²) >= 11 is 0. The first-order valence-electron chi connectivity index (χ1n) is 10.0. The summed E-state index contributed by atoms with van der Waals surface area (Å²) in [6, 6.07) is 6.62. The minimum atomic E-state index is -0.203. The van der Waals surface area contributed by atoms with Crippen LogP contribution in [0.15, 0.2) is 23.2 Å². The molecule has 134 valence electrons. The number of ether oxygens (including phenoxy) is 1. The van der Waals surface area contributed by atoms with E-state index in [2.05, 4.69) is 37.0 Å². The van der Waals surface area contributed by atoms with Crippen LogP contribution in [0.2, 0.25) is 0 Å². The Morgan fingerprint density at radius 1 is 1.24 bits per heavy atom. The van der Waals surface area contributed by atoms with Gasteiger partial charge in [0, 0.05) is 12.0 Å². The molecule has 3 nitrogen and oxygen atoms in total. The lowest BCUT2D eigenvalue weighted by atomic mass is 9.80. The molecule has 0 radical (unpaired) electrons. The van der Waals surface area contributed by atoms with Gasteiger partial charge in [0.2, 0.25) is 6.19 Å². The molecule has 0 saturated heterocycles. The molecule has 1 fully saturated rings. The molecule has 1 unspecified atom stereocenters. The molecule has 1 saturated carbocycles. The lowest BCUT2D eigenvalue weighted by molar-refractivity contribution is 0.0547. The second kappa shape index (κ2) is 8.04. The highest BCUT2D eigenvalue weighted by molar-refractivity contribution is 6.05. The number of rotatable bonds is 5. The van der Waals surface area contributed by atoms with E-state index in [1.165, 1.54) is 37.7 Å². The summed E-state index contributed by atoms with van der Waals surface area (Å²) in [6.45, 7) is 4.39. The first-order chi connectivity index (χ1) is 12.2. The number of nitriles is 1. The molecular weight excluding hydrogens is 308 g/mol. The summed E-state index contributed by atoms with van der Waals surface area (Å²) in [6.07, 6.45) is 13.6. The summed E-state index contributed by atoms with van der Waals surface area (Å²) in [7, 11) is 0. The van der Waals surface area contributed by atoms with Gasteiger partial charge in [-0.25, -0.2) is 0 Å². The molecule has 0 spiro atoms. The van der Waals surface area contributed by atoms with E-state index in [4.69, 9.17) is 4.74 Å². The summed E-state index contributed by atoms with van der Waals surface area (Å²) in [4.78, 5) is 4.20. The maximum Gasteiger partial charge on any atom is 0.205 e. The second-order valence-corrected chi connectivity index (χ2v) is 7.67. The Kier molecular flexibility index (Phi) is 5.78. The van der Waals surface area contributed by atoms with Gasteiger partial charge in [0.1, 0.15) is 11.4 Å². The van der Waals surface area contributed by atoms with Crippen LogP contribution in [0.25, 0.3) is 0 Å². The fourth-order valence-corrected chi connectivity index (χ4v) is 4.39. The molecule has 1 aromatic rings. The van der Waals surface area contributed by atoms with Gasteiger partial charge in [-0.3, -0.25) is 0 Å². The number of benzene rings is 1. The smallest absolute Gasteiger partial charge is 0.205 e. The van der Waals surface area contributed by atoms with E-state index in [9.17, 15) is 5.26 Å². The summed E-state index contributed by atoms with van der Waals surface area (Å²) in [5.41, 5.74) is 3.15. The Bertz CT molecular complexity index is 667. The van der Waals surface area contributed by atoms with E-state index in [-0.39, 0.29) is 5.60 Å². The number of unbranched alkanes of at least 4 members (excludes halogenated alkanes) is 1. The monoisotopic (exact) mass is 338 g/mol. The van der Waals surface area contributed by atoms with E-state index >= 15 is 0 Å². The van der Waals surface area contributed by atoms with Crippen LogP contribution >= 0.6 is 0 Å². The number of hydrogen-bond donors (Lipinski definition) is 0. The molecule has 25 heavy (non-hydrogen) atoms. The first kappa shape index (κ1) is 18.0. The largest absolute Gasteiger partial charge is 0.486 e. The van der Waals surface area contributed by atoms with E-state index in [0.717, 1.165) is 49.1 Å². The molecule has 1 aromatic carbocycles. The van der Waals surface area contributed by atoms with Gasteiger partial charge in [0.25, 0.3) is 0 Å². The van der Waals surface area contributed by atoms with Crippen molar-refractivity contribution in [3.8, 4) is 11.9 Å². The number of aliphatic imine (C=N–C) groups is 1. The third kappa shape index (κ3) is 3.89. The highest BCUT2D eigenvalue weighted by Crippen LogP contribution is 2.41. The number of fused-ring (bicyclic) bond motifs is 1. The van der Waals surface area contributed by atoms with Crippen molar-refractivity contribution in [1.29, 1.82) is 5.26 Å². The lowest BCUT2D eigenvalue weighted by Gasteiger charge is -2.39. The maximum atomic E-state index is 9.20. The standard InChI is InChI=1S/C22H30N2O/c1-3-5-13-22(4-2)15-20(24-16-23)19-14-18(11-12-21(19)25-22)17-9-7-6-8-10-17/h11-12,14,17H,3-10,13,15H2,1-2H3. The zero-order valence-electron chi connectivity index (χ0n) is 15.7. The summed E-state index contributed by atoms with van der Waals surface area (Å²) < 4.78 is 6.50. The number of nitrogens with zero attached hydrogens (tertiary/aromatic N) is 2. The van der Waals surface area contributed by atoms with Crippen LogP contribution in [0.1, 0.15) is 95.1 Å². The van der Waals surface area contributed by atoms with Crippen molar-refractivity contribution in [3.63, 3.8) is 0 Å².